The van der Waals surface area contributed by atoms with Crippen LogP contribution in [0.2, 0.25) is 0 Å². The van der Waals surface area contributed by atoms with Crippen LogP contribution < -0.4 is 10.7 Å². The van der Waals surface area contributed by atoms with Crippen molar-refractivity contribution in [2.24, 2.45) is 11.8 Å². The number of rotatable bonds is 9. The van der Waals surface area contributed by atoms with E-state index in [4.69, 9.17) is 9.47 Å². The summed E-state index contributed by atoms with van der Waals surface area (Å²) in [6.45, 7) is 4.47. The van der Waals surface area contributed by atoms with Crippen molar-refractivity contribution in [2.45, 2.75) is 114 Å². The first-order valence-electron chi connectivity index (χ1n) is 13.4. The Balaban J connectivity index is 1.37. The van der Waals surface area contributed by atoms with E-state index in [1.54, 1.807) is 6.92 Å². The first-order chi connectivity index (χ1) is 17.1. The fourth-order valence-electron chi connectivity index (χ4n) is 5.95. The molecule has 1 saturated heterocycles. The number of nitrogens with one attached hydrogen (secondary N) is 2. The summed E-state index contributed by atoms with van der Waals surface area (Å²) in [6, 6.07) is -0.172. The Labute approximate surface area is 211 Å². The van der Waals surface area contributed by atoms with Gasteiger partial charge >= 0.3 is 6.18 Å². The van der Waals surface area contributed by atoms with Gasteiger partial charge in [0.2, 0.25) is 6.23 Å². The monoisotopic (exact) mass is 519 g/mol. The third kappa shape index (κ3) is 7.01. The first kappa shape index (κ1) is 27.8. The number of hydrazine groups is 1. The molecule has 3 aliphatic carbocycles. The van der Waals surface area contributed by atoms with Crippen LogP contribution in [0.25, 0.3) is 0 Å². The van der Waals surface area contributed by atoms with Crippen molar-refractivity contribution in [3.05, 3.63) is 24.0 Å². The number of hydrogen-bond donors (Lipinski definition) is 3. The average Bonchev–Trinajstić information content (AvgIpc) is 3.26. The molecule has 0 radical (unpaired) electrons. The summed E-state index contributed by atoms with van der Waals surface area (Å²) in [6.07, 6.45) is 3.80. The number of fused-ring (bicyclic) bond motifs is 1. The molecule has 1 heterocycles. The maximum Gasteiger partial charge on any atom is 0.427 e. The van der Waals surface area contributed by atoms with Gasteiger partial charge in [-0.3, -0.25) is 10.7 Å². The Hall–Kier alpha value is -1.20. The molecule has 0 bridgehead atoms. The Morgan fingerprint density at radius 2 is 2.08 bits per heavy atom. The van der Waals surface area contributed by atoms with Crippen molar-refractivity contribution in [1.29, 1.82) is 0 Å². The number of aliphatic hydroxyl groups excluding tert-OH is 1. The zero-order valence-electron chi connectivity index (χ0n) is 21.2. The Morgan fingerprint density at radius 1 is 1.28 bits per heavy atom. The fraction of sp³-hybridized carbons (Fsp3) is 0.846. The molecule has 6 nitrogen and oxygen atoms in total. The van der Waals surface area contributed by atoms with Crippen LogP contribution in [0.15, 0.2) is 24.0 Å². The van der Waals surface area contributed by atoms with Gasteiger partial charge in [0.05, 0.1) is 18.5 Å². The second kappa shape index (κ2) is 12.1. The van der Waals surface area contributed by atoms with Crippen molar-refractivity contribution >= 4 is 0 Å². The van der Waals surface area contributed by atoms with Crippen LogP contribution >= 0.6 is 0 Å². The SMILES string of the molecule is C[C@@H]1CC(N2NCC3CC(O[C@@H](COC4C=CCCC4)[C@@H](C)NC(O)C(F)(F)F)=CCC32)CCC1F. The van der Waals surface area contributed by atoms with E-state index in [2.05, 4.69) is 21.8 Å². The third-order valence-electron chi connectivity index (χ3n) is 8.19. The van der Waals surface area contributed by atoms with Crippen LogP contribution in [0, 0.1) is 11.8 Å². The van der Waals surface area contributed by atoms with Gasteiger partial charge in [0.15, 0.2) is 0 Å². The molecule has 3 N–H and O–H groups in total. The molecule has 2 fully saturated rings. The second-order valence-electron chi connectivity index (χ2n) is 11.0. The average molecular weight is 520 g/mol. The van der Waals surface area contributed by atoms with Crippen LogP contribution in [0.1, 0.15) is 65.2 Å². The number of hydrogen-bond acceptors (Lipinski definition) is 6. The highest BCUT2D eigenvalue weighted by molar-refractivity contribution is 5.09. The quantitative estimate of drug-likeness (QED) is 0.239. The molecule has 0 aromatic rings. The molecule has 0 aromatic heterocycles. The molecular formula is C26H41F4N3O3. The van der Waals surface area contributed by atoms with Gasteiger partial charge in [-0.05, 0) is 69.8 Å². The number of nitrogens with zero attached hydrogens (tertiary/aromatic N) is 1. The lowest BCUT2D eigenvalue weighted by molar-refractivity contribution is -0.218. The van der Waals surface area contributed by atoms with Gasteiger partial charge in [0, 0.05) is 31.1 Å². The van der Waals surface area contributed by atoms with Gasteiger partial charge in [0.25, 0.3) is 0 Å². The highest BCUT2D eigenvalue weighted by Gasteiger charge is 2.43. The van der Waals surface area contributed by atoms with E-state index in [0.717, 1.165) is 50.8 Å². The number of alkyl halides is 4. The van der Waals surface area contributed by atoms with E-state index in [0.29, 0.717) is 30.8 Å². The summed E-state index contributed by atoms with van der Waals surface area (Å²) in [5.41, 5.74) is 3.53. The Kier molecular flexibility index (Phi) is 9.36. The second-order valence-corrected chi connectivity index (χ2v) is 11.0. The molecule has 4 aliphatic rings. The van der Waals surface area contributed by atoms with Crippen molar-refractivity contribution in [3.63, 3.8) is 0 Å². The minimum Gasteiger partial charge on any atom is -0.491 e. The van der Waals surface area contributed by atoms with Crippen LogP contribution in [0.5, 0.6) is 0 Å². The summed E-state index contributed by atoms with van der Waals surface area (Å²) >= 11 is 0. The van der Waals surface area contributed by atoms with Crippen molar-refractivity contribution in [2.75, 3.05) is 13.2 Å². The minimum absolute atomic E-state index is 0.0587. The lowest BCUT2D eigenvalue weighted by Crippen LogP contribution is -2.52. The topological polar surface area (TPSA) is 66.0 Å². The van der Waals surface area contributed by atoms with Gasteiger partial charge in [-0.2, -0.15) is 13.2 Å². The lowest BCUT2D eigenvalue weighted by atomic mass is 9.83. The first-order valence-corrected chi connectivity index (χ1v) is 13.4. The molecule has 206 valence electrons. The zero-order chi connectivity index (χ0) is 25.9. The third-order valence-corrected chi connectivity index (χ3v) is 8.19. The molecule has 0 spiro atoms. The largest absolute Gasteiger partial charge is 0.491 e. The number of aliphatic hydroxyl groups is 1. The standard InChI is InChI=1S/C26H41F4N3O3/c1-16-12-19(8-10-22(16)27)33-23-11-9-21(13-18(23)14-31-33)36-24(15-35-20-6-4-3-5-7-20)17(2)32-25(34)26(28,29)30/h4,6,9,16-20,22-25,31-32,34H,3,5,7-8,10-15H2,1-2H3/t16-,17-,18?,19?,20?,22?,23?,24+,25?/m1/s1. The smallest absolute Gasteiger partial charge is 0.427 e. The molecule has 36 heavy (non-hydrogen) atoms. The van der Waals surface area contributed by atoms with Crippen molar-refractivity contribution < 1.29 is 32.1 Å². The van der Waals surface area contributed by atoms with Crippen molar-refractivity contribution in [1.82, 2.24) is 15.8 Å². The van der Waals surface area contributed by atoms with Gasteiger partial charge in [0.1, 0.15) is 12.3 Å². The molecule has 10 heteroatoms. The Bertz CT molecular complexity index is 780. The molecule has 9 atom stereocenters. The van der Waals surface area contributed by atoms with E-state index in [1.807, 2.05) is 19.1 Å². The van der Waals surface area contributed by atoms with Crippen molar-refractivity contribution in [3.8, 4) is 0 Å². The van der Waals surface area contributed by atoms with Gasteiger partial charge in [-0.1, -0.05) is 19.1 Å². The molecule has 0 aromatic carbocycles. The molecular weight excluding hydrogens is 478 g/mol. The molecule has 4 rings (SSSR count). The molecule has 1 aliphatic heterocycles. The van der Waals surface area contributed by atoms with Gasteiger partial charge < -0.3 is 14.6 Å². The van der Waals surface area contributed by atoms with E-state index in [1.165, 1.54) is 0 Å². The van der Waals surface area contributed by atoms with E-state index >= 15 is 0 Å². The van der Waals surface area contributed by atoms with Crippen LogP contribution in [0.4, 0.5) is 17.6 Å². The predicted octanol–water partition coefficient (Wildman–Crippen LogP) is 4.37. The minimum atomic E-state index is -4.76. The summed E-state index contributed by atoms with van der Waals surface area (Å²) in [5.74, 6) is 1.13. The van der Waals surface area contributed by atoms with Crippen LogP contribution in [0.3, 0.4) is 0 Å². The van der Waals surface area contributed by atoms with E-state index in [9.17, 15) is 22.7 Å². The fourth-order valence-corrected chi connectivity index (χ4v) is 5.95. The highest BCUT2D eigenvalue weighted by atomic mass is 19.4. The predicted molar refractivity (Wildman–Crippen MR) is 128 cm³/mol. The zero-order valence-corrected chi connectivity index (χ0v) is 21.2. The van der Waals surface area contributed by atoms with E-state index in [-0.39, 0.29) is 18.6 Å². The summed E-state index contributed by atoms with van der Waals surface area (Å²) in [7, 11) is 0. The summed E-state index contributed by atoms with van der Waals surface area (Å²) in [5, 5.41) is 14.1. The number of ether oxygens (including phenoxy) is 2. The summed E-state index contributed by atoms with van der Waals surface area (Å²) < 4.78 is 65.1. The number of allylic oxidation sites excluding steroid dienone is 2. The number of halogens is 4. The lowest BCUT2D eigenvalue weighted by Gasteiger charge is -2.40. The Morgan fingerprint density at radius 3 is 2.78 bits per heavy atom. The molecule has 0 amide bonds. The normalized spacial score (nSPS) is 36.1. The van der Waals surface area contributed by atoms with Crippen LogP contribution in [-0.4, -0.2) is 72.2 Å². The summed E-state index contributed by atoms with van der Waals surface area (Å²) in [4.78, 5) is 0. The highest BCUT2D eigenvalue weighted by Crippen LogP contribution is 2.38. The maximum atomic E-state index is 14.0. The maximum absolute atomic E-state index is 14.0. The van der Waals surface area contributed by atoms with E-state index < -0.39 is 30.7 Å². The van der Waals surface area contributed by atoms with Gasteiger partial charge in [-0.15, -0.1) is 0 Å². The van der Waals surface area contributed by atoms with Gasteiger partial charge in [-0.25, -0.2) is 9.40 Å². The molecule has 6 unspecified atom stereocenters. The molecule has 1 saturated carbocycles. The van der Waals surface area contributed by atoms with Crippen LogP contribution in [-0.2, 0) is 9.47 Å².